The van der Waals surface area contributed by atoms with Crippen molar-refractivity contribution < 1.29 is 9.53 Å². The summed E-state index contributed by atoms with van der Waals surface area (Å²) in [5, 5.41) is 3.55. The van der Waals surface area contributed by atoms with Crippen LogP contribution in [0, 0.1) is 6.92 Å². The number of hydrogen-bond donors (Lipinski definition) is 1. The van der Waals surface area contributed by atoms with E-state index in [4.69, 9.17) is 16.3 Å². The zero-order valence-electron chi connectivity index (χ0n) is 13.5. The van der Waals surface area contributed by atoms with Gasteiger partial charge in [-0.1, -0.05) is 23.7 Å². The number of para-hydroxylation sites is 1. The molecule has 1 N–H and O–H groups in total. The van der Waals surface area contributed by atoms with E-state index in [9.17, 15) is 4.79 Å². The van der Waals surface area contributed by atoms with Crippen molar-refractivity contribution in [2.24, 2.45) is 0 Å². The predicted molar refractivity (Wildman–Crippen MR) is 93.3 cm³/mol. The molecule has 2 amide bonds. The Morgan fingerprint density at radius 1 is 1.42 bits per heavy atom. The first kappa shape index (κ1) is 16.6. The third-order valence-electron chi connectivity index (χ3n) is 4.13. The van der Waals surface area contributed by atoms with Crippen LogP contribution in [0.3, 0.4) is 0 Å². The second kappa shape index (κ2) is 7.53. The zero-order valence-corrected chi connectivity index (χ0v) is 14.3. The highest BCUT2D eigenvalue weighted by atomic mass is 35.5. The molecule has 24 heavy (non-hydrogen) atoms. The number of ether oxygens (including phenoxy) is 1. The number of hydrogen-bond acceptors (Lipinski definition) is 3. The van der Waals surface area contributed by atoms with Crippen molar-refractivity contribution in [2.75, 3.05) is 13.1 Å². The van der Waals surface area contributed by atoms with E-state index < -0.39 is 0 Å². The SMILES string of the molecule is Cc1cnccc1CNC(=O)N1CC[C@H](Oc2ccccc2Cl)C1. The number of amides is 2. The minimum Gasteiger partial charge on any atom is -0.487 e. The second-order valence-corrected chi connectivity index (χ2v) is 6.27. The van der Waals surface area contributed by atoms with Gasteiger partial charge in [0.05, 0.1) is 11.6 Å². The van der Waals surface area contributed by atoms with Crippen LogP contribution in [0.2, 0.25) is 5.02 Å². The number of pyridine rings is 1. The second-order valence-electron chi connectivity index (χ2n) is 5.87. The lowest BCUT2D eigenvalue weighted by Crippen LogP contribution is -2.39. The van der Waals surface area contributed by atoms with Crippen LogP contribution < -0.4 is 10.1 Å². The smallest absolute Gasteiger partial charge is 0.317 e. The van der Waals surface area contributed by atoms with Gasteiger partial charge in [-0.2, -0.15) is 0 Å². The van der Waals surface area contributed by atoms with Crippen molar-refractivity contribution >= 4 is 17.6 Å². The average Bonchev–Trinajstić information content (AvgIpc) is 3.05. The van der Waals surface area contributed by atoms with E-state index >= 15 is 0 Å². The summed E-state index contributed by atoms with van der Waals surface area (Å²) in [6, 6.07) is 9.24. The lowest BCUT2D eigenvalue weighted by atomic mass is 10.1. The molecule has 0 spiro atoms. The number of urea groups is 1. The number of benzene rings is 1. The van der Waals surface area contributed by atoms with E-state index in [1.807, 2.05) is 31.2 Å². The molecule has 0 unspecified atom stereocenters. The monoisotopic (exact) mass is 345 g/mol. The summed E-state index contributed by atoms with van der Waals surface area (Å²) in [4.78, 5) is 18.1. The Labute approximate surface area is 146 Å². The Bertz CT molecular complexity index is 723. The van der Waals surface area contributed by atoms with Crippen molar-refractivity contribution in [3.63, 3.8) is 0 Å². The van der Waals surface area contributed by atoms with Gasteiger partial charge in [-0.3, -0.25) is 4.98 Å². The number of nitrogens with zero attached hydrogens (tertiary/aromatic N) is 2. The summed E-state index contributed by atoms with van der Waals surface area (Å²) in [6.07, 6.45) is 4.30. The van der Waals surface area contributed by atoms with Gasteiger partial charge < -0.3 is 15.0 Å². The maximum atomic E-state index is 12.3. The third-order valence-corrected chi connectivity index (χ3v) is 4.44. The summed E-state index contributed by atoms with van der Waals surface area (Å²) in [6.45, 7) is 3.72. The van der Waals surface area contributed by atoms with Crippen molar-refractivity contribution in [1.82, 2.24) is 15.2 Å². The maximum absolute atomic E-state index is 12.3. The van der Waals surface area contributed by atoms with Crippen LogP contribution in [0.25, 0.3) is 0 Å². The van der Waals surface area contributed by atoms with Gasteiger partial charge in [0.1, 0.15) is 11.9 Å². The molecule has 0 aliphatic carbocycles. The van der Waals surface area contributed by atoms with E-state index in [1.165, 1.54) is 0 Å². The van der Waals surface area contributed by atoms with Crippen molar-refractivity contribution in [3.05, 3.63) is 58.9 Å². The minimum atomic E-state index is -0.0727. The molecule has 1 saturated heterocycles. The number of nitrogens with one attached hydrogen (secondary N) is 1. The highest BCUT2D eigenvalue weighted by Crippen LogP contribution is 2.26. The summed E-state index contributed by atoms with van der Waals surface area (Å²) < 4.78 is 5.91. The van der Waals surface area contributed by atoms with Gasteiger partial charge in [-0.25, -0.2) is 4.79 Å². The molecule has 1 aliphatic heterocycles. The normalized spacial score (nSPS) is 16.9. The average molecular weight is 346 g/mol. The predicted octanol–water partition coefficient (Wildman–Crippen LogP) is 3.41. The first-order valence-electron chi connectivity index (χ1n) is 7.97. The fraction of sp³-hybridized carbons (Fsp3) is 0.333. The van der Waals surface area contributed by atoms with Gasteiger partial charge in [-0.15, -0.1) is 0 Å². The number of rotatable bonds is 4. The molecular weight excluding hydrogens is 326 g/mol. The van der Waals surface area contributed by atoms with Crippen LogP contribution in [-0.2, 0) is 6.54 Å². The van der Waals surface area contributed by atoms with Crippen LogP contribution >= 0.6 is 11.6 Å². The first-order chi connectivity index (χ1) is 11.6. The lowest BCUT2D eigenvalue weighted by molar-refractivity contribution is 0.186. The summed E-state index contributed by atoms with van der Waals surface area (Å²) in [7, 11) is 0. The van der Waals surface area contributed by atoms with Gasteiger partial charge in [0.15, 0.2) is 0 Å². The largest absolute Gasteiger partial charge is 0.487 e. The molecule has 1 aliphatic rings. The zero-order chi connectivity index (χ0) is 16.9. The standard InChI is InChI=1S/C18H20ClN3O2/c1-13-10-20-8-6-14(13)11-21-18(23)22-9-7-15(12-22)24-17-5-3-2-4-16(17)19/h2-6,8,10,15H,7,9,11-12H2,1H3,(H,21,23)/t15-/m0/s1. The van der Waals surface area contributed by atoms with E-state index in [-0.39, 0.29) is 12.1 Å². The summed E-state index contributed by atoms with van der Waals surface area (Å²) in [5.74, 6) is 0.666. The molecule has 0 bridgehead atoms. The highest BCUT2D eigenvalue weighted by Gasteiger charge is 2.27. The molecule has 2 aromatic rings. The number of carbonyl (C=O) groups excluding carboxylic acids is 1. The first-order valence-corrected chi connectivity index (χ1v) is 8.34. The Balaban J connectivity index is 1.51. The fourth-order valence-electron chi connectivity index (χ4n) is 2.71. The maximum Gasteiger partial charge on any atom is 0.317 e. The van der Waals surface area contributed by atoms with Gasteiger partial charge in [0.25, 0.3) is 0 Å². The van der Waals surface area contributed by atoms with E-state index in [1.54, 1.807) is 23.4 Å². The number of aromatic nitrogens is 1. The Morgan fingerprint density at radius 2 is 2.25 bits per heavy atom. The molecule has 0 saturated carbocycles. The van der Waals surface area contributed by atoms with E-state index in [0.717, 1.165) is 17.5 Å². The van der Waals surface area contributed by atoms with E-state index in [2.05, 4.69) is 10.3 Å². The van der Waals surface area contributed by atoms with Crippen molar-refractivity contribution in [2.45, 2.75) is 26.0 Å². The fourth-order valence-corrected chi connectivity index (χ4v) is 2.89. The number of carbonyl (C=O) groups is 1. The van der Waals surface area contributed by atoms with Crippen molar-refractivity contribution in [1.29, 1.82) is 0 Å². The number of halogens is 1. The Morgan fingerprint density at radius 3 is 3.04 bits per heavy atom. The van der Waals surface area contributed by atoms with Crippen LogP contribution in [0.4, 0.5) is 4.79 Å². The topological polar surface area (TPSA) is 54.5 Å². The molecular formula is C18H20ClN3O2. The molecule has 1 aromatic carbocycles. The molecule has 126 valence electrons. The summed E-state index contributed by atoms with van der Waals surface area (Å²) in [5.41, 5.74) is 2.14. The minimum absolute atomic E-state index is 0.0293. The molecule has 3 rings (SSSR count). The van der Waals surface area contributed by atoms with E-state index in [0.29, 0.717) is 30.4 Å². The number of aryl methyl sites for hydroxylation is 1. The van der Waals surface area contributed by atoms with Crippen LogP contribution in [0.1, 0.15) is 17.5 Å². The molecule has 0 radical (unpaired) electrons. The Kier molecular flexibility index (Phi) is 5.20. The van der Waals surface area contributed by atoms with Crippen LogP contribution in [0.5, 0.6) is 5.75 Å². The quantitative estimate of drug-likeness (QED) is 0.924. The Hall–Kier alpha value is -2.27. The van der Waals surface area contributed by atoms with Gasteiger partial charge in [0, 0.05) is 31.9 Å². The van der Waals surface area contributed by atoms with Crippen LogP contribution in [-0.4, -0.2) is 35.1 Å². The summed E-state index contributed by atoms with van der Waals surface area (Å²) >= 11 is 6.11. The number of likely N-dealkylation sites (tertiary alicyclic amines) is 1. The molecule has 1 aromatic heterocycles. The van der Waals surface area contributed by atoms with Gasteiger partial charge >= 0.3 is 6.03 Å². The molecule has 1 fully saturated rings. The lowest BCUT2D eigenvalue weighted by Gasteiger charge is -2.18. The van der Waals surface area contributed by atoms with Crippen molar-refractivity contribution in [3.8, 4) is 5.75 Å². The molecule has 2 heterocycles. The molecule has 5 nitrogen and oxygen atoms in total. The molecule has 1 atom stereocenters. The van der Waals surface area contributed by atoms with Crippen LogP contribution in [0.15, 0.2) is 42.7 Å². The van der Waals surface area contributed by atoms with Gasteiger partial charge in [0.2, 0.25) is 0 Å². The molecule has 6 heteroatoms. The highest BCUT2D eigenvalue weighted by molar-refractivity contribution is 6.32. The van der Waals surface area contributed by atoms with Gasteiger partial charge in [-0.05, 0) is 36.2 Å². The third kappa shape index (κ3) is 3.97.